The molecule has 2 unspecified atom stereocenters. The molecule has 1 saturated heterocycles. The molecule has 0 spiro atoms. The Morgan fingerprint density at radius 1 is 1.50 bits per heavy atom. The van der Waals surface area contributed by atoms with E-state index in [1.54, 1.807) is 17.9 Å². The van der Waals surface area contributed by atoms with Crippen molar-refractivity contribution in [2.75, 3.05) is 13.1 Å². The maximum atomic E-state index is 12.5. The van der Waals surface area contributed by atoms with E-state index in [-0.39, 0.29) is 23.6 Å². The molecule has 1 amide bonds. The molecule has 0 bridgehead atoms. The van der Waals surface area contributed by atoms with Crippen LogP contribution < -0.4 is 0 Å². The molecular weight excluding hydrogens is 260 g/mol. The first-order chi connectivity index (χ1) is 9.41. The van der Waals surface area contributed by atoms with Gasteiger partial charge in [0.2, 0.25) is 0 Å². The monoisotopic (exact) mass is 278 g/mol. The highest BCUT2D eigenvalue weighted by Gasteiger charge is 2.29. The van der Waals surface area contributed by atoms with Gasteiger partial charge in [-0.15, -0.1) is 0 Å². The number of hydrogen-bond donors (Lipinski definition) is 1. The number of benzene rings is 1. The minimum absolute atomic E-state index is 0.0201. The van der Waals surface area contributed by atoms with Crippen LogP contribution in [-0.4, -0.2) is 40.0 Å². The van der Waals surface area contributed by atoms with Gasteiger partial charge in [-0.05, 0) is 25.3 Å². The van der Waals surface area contributed by atoms with Crippen LogP contribution in [0.3, 0.4) is 0 Å². The first-order valence-electron chi connectivity index (χ1n) is 6.63. The average Bonchev–Trinajstić information content (AvgIpc) is 2.41. The molecular formula is C14H18N2O4. The molecule has 6 nitrogen and oxygen atoms in total. The highest BCUT2D eigenvalue weighted by molar-refractivity contribution is 5.96. The Balaban J connectivity index is 2.26. The normalized spacial score (nSPS) is 22.6. The van der Waals surface area contributed by atoms with Crippen molar-refractivity contribution < 1.29 is 14.8 Å². The molecule has 2 atom stereocenters. The zero-order chi connectivity index (χ0) is 14.9. The number of carbonyl (C=O) groups excluding carboxylic acids is 1. The van der Waals surface area contributed by atoms with E-state index in [1.165, 1.54) is 12.1 Å². The van der Waals surface area contributed by atoms with E-state index < -0.39 is 4.92 Å². The minimum Gasteiger partial charge on any atom is -0.393 e. The van der Waals surface area contributed by atoms with Crippen LogP contribution in [0.15, 0.2) is 18.2 Å². The summed E-state index contributed by atoms with van der Waals surface area (Å²) in [6, 6.07) is 4.54. The summed E-state index contributed by atoms with van der Waals surface area (Å²) in [7, 11) is 0. The number of piperidine rings is 1. The number of hydrogen-bond acceptors (Lipinski definition) is 4. The number of aliphatic hydroxyl groups excluding tert-OH is 1. The average molecular weight is 278 g/mol. The molecule has 0 aliphatic carbocycles. The third-order valence-corrected chi connectivity index (χ3v) is 3.88. The van der Waals surface area contributed by atoms with Gasteiger partial charge in [-0.1, -0.05) is 13.0 Å². The molecule has 1 N–H and O–H groups in total. The topological polar surface area (TPSA) is 83.7 Å². The first kappa shape index (κ1) is 14.5. The minimum atomic E-state index is -0.477. The van der Waals surface area contributed by atoms with Crippen LogP contribution in [0.5, 0.6) is 0 Å². The van der Waals surface area contributed by atoms with E-state index in [1.807, 2.05) is 6.92 Å². The summed E-state index contributed by atoms with van der Waals surface area (Å²) in [4.78, 5) is 24.6. The predicted molar refractivity (Wildman–Crippen MR) is 73.5 cm³/mol. The number of rotatable bonds is 2. The van der Waals surface area contributed by atoms with Crippen LogP contribution in [0.25, 0.3) is 0 Å². The van der Waals surface area contributed by atoms with Crippen molar-refractivity contribution in [3.05, 3.63) is 39.4 Å². The highest BCUT2D eigenvalue weighted by atomic mass is 16.6. The molecule has 20 heavy (non-hydrogen) atoms. The SMILES string of the molecule is Cc1c(C(=O)N2CCC(O)C(C)C2)cccc1[N+](=O)[O-]. The lowest BCUT2D eigenvalue weighted by Gasteiger charge is -2.34. The quantitative estimate of drug-likeness (QED) is 0.659. The molecule has 1 fully saturated rings. The summed E-state index contributed by atoms with van der Waals surface area (Å²) in [5.74, 6) is -0.184. The Kier molecular flexibility index (Phi) is 4.04. The number of carbonyl (C=O) groups is 1. The summed E-state index contributed by atoms with van der Waals surface area (Å²) >= 11 is 0. The number of aliphatic hydroxyl groups is 1. The smallest absolute Gasteiger partial charge is 0.273 e. The van der Waals surface area contributed by atoms with Gasteiger partial charge in [0.05, 0.1) is 11.0 Å². The highest BCUT2D eigenvalue weighted by Crippen LogP contribution is 2.24. The van der Waals surface area contributed by atoms with Crippen molar-refractivity contribution in [1.29, 1.82) is 0 Å². The van der Waals surface area contributed by atoms with Crippen LogP contribution in [0.4, 0.5) is 5.69 Å². The fraction of sp³-hybridized carbons (Fsp3) is 0.500. The van der Waals surface area contributed by atoms with Crippen molar-refractivity contribution in [2.24, 2.45) is 5.92 Å². The van der Waals surface area contributed by atoms with E-state index in [2.05, 4.69) is 0 Å². The van der Waals surface area contributed by atoms with Crippen molar-refractivity contribution >= 4 is 11.6 Å². The van der Waals surface area contributed by atoms with Gasteiger partial charge >= 0.3 is 0 Å². The van der Waals surface area contributed by atoms with E-state index in [0.717, 1.165) is 0 Å². The van der Waals surface area contributed by atoms with Crippen molar-refractivity contribution in [3.63, 3.8) is 0 Å². The molecule has 0 saturated carbocycles. The van der Waals surface area contributed by atoms with Crippen LogP contribution in [0, 0.1) is 23.0 Å². The van der Waals surface area contributed by atoms with Crippen LogP contribution >= 0.6 is 0 Å². The number of nitro groups is 1. The maximum Gasteiger partial charge on any atom is 0.273 e. The van der Waals surface area contributed by atoms with Crippen LogP contribution in [-0.2, 0) is 0 Å². The van der Waals surface area contributed by atoms with Crippen LogP contribution in [0.2, 0.25) is 0 Å². The number of nitro benzene ring substituents is 1. The molecule has 0 radical (unpaired) electrons. The molecule has 1 aromatic rings. The maximum absolute atomic E-state index is 12.5. The number of nitrogens with zero attached hydrogens (tertiary/aromatic N) is 2. The van der Waals surface area contributed by atoms with E-state index in [9.17, 15) is 20.0 Å². The summed E-state index contributed by atoms with van der Waals surface area (Å²) in [6.45, 7) is 4.44. The largest absolute Gasteiger partial charge is 0.393 e. The Labute approximate surface area is 117 Å². The van der Waals surface area contributed by atoms with Crippen molar-refractivity contribution in [1.82, 2.24) is 4.90 Å². The third-order valence-electron chi connectivity index (χ3n) is 3.88. The van der Waals surface area contributed by atoms with Gasteiger partial charge in [-0.2, -0.15) is 0 Å². The van der Waals surface area contributed by atoms with Gasteiger partial charge in [0.25, 0.3) is 11.6 Å². The second kappa shape index (κ2) is 5.58. The molecule has 0 aromatic heterocycles. The van der Waals surface area contributed by atoms with E-state index in [4.69, 9.17) is 0 Å². The lowest BCUT2D eigenvalue weighted by molar-refractivity contribution is -0.385. The summed E-state index contributed by atoms with van der Waals surface area (Å²) in [5, 5.41) is 20.6. The second-order valence-corrected chi connectivity index (χ2v) is 5.29. The Bertz CT molecular complexity index is 544. The van der Waals surface area contributed by atoms with Gasteiger partial charge < -0.3 is 10.0 Å². The van der Waals surface area contributed by atoms with E-state index in [0.29, 0.717) is 30.6 Å². The molecule has 1 heterocycles. The first-order valence-corrected chi connectivity index (χ1v) is 6.63. The summed E-state index contributed by atoms with van der Waals surface area (Å²) in [6.07, 6.45) is 0.159. The van der Waals surface area contributed by atoms with Gasteiger partial charge in [0.15, 0.2) is 0 Å². The fourth-order valence-corrected chi connectivity index (χ4v) is 2.54. The van der Waals surface area contributed by atoms with Gasteiger partial charge in [0, 0.05) is 30.3 Å². The lowest BCUT2D eigenvalue weighted by Crippen LogP contribution is -2.45. The molecule has 1 aliphatic heterocycles. The third kappa shape index (κ3) is 2.65. The van der Waals surface area contributed by atoms with Gasteiger partial charge in [-0.3, -0.25) is 14.9 Å². The standard InChI is InChI=1S/C14H18N2O4/c1-9-8-15(7-6-13(9)17)14(18)11-4-3-5-12(10(11)2)16(19)20/h3-5,9,13,17H,6-8H2,1-2H3. The predicted octanol–water partition coefficient (Wildman–Crippen LogP) is 1.75. The fourth-order valence-electron chi connectivity index (χ4n) is 2.54. The molecule has 1 aromatic carbocycles. The zero-order valence-electron chi connectivity index (χ0n) is 11.6. The number of likely N-dealkylation sites (tertiary alicyclic amines) is 1. The Hall–Kier alpha value is -1.95. The summed E-state index contributed by atoms with van der Waals surface area (Å²) in [5.41, 5.74) is 0.713. The molecule has 108 valence electrons. The van der Waals surface area contributed by atoms with Crippen molar-refractivity contribution in [3.8, 4) is 0 Å². The Morgan fingerprint density at radius 3 is 2.80 bits per heavy atom. The second-order valence-electron chi connectivity index (χ2n) is 5.29. The Morgan fingerprint density at radius 2 is 2.20 bits per heavy atom. The molecule has 2 rings (SSSR count). The van der Waals surface area contributed by atoms with Crippen LogP contribution in [0.1, 0.15) is 29.3 Å². The van der Waals surface area contributed by atoms with Gasteiger partial charge in [0.1, 0.15) is 0 Å². The van der Waals surface area contributed by atoms with E-state index >= 15 is 0 Å². The van der Waals surface area contributed by atoms with Gasteiger partial charge in [-0.25, -0.2) is 0 Å². The number of amides is 1. The van der Waals surface area contributed by atoms with Crippen molar-refractivity contribution in [2.45, 2.75) is 26.4 Å². The molecule has 6 heteroatoms. The lowest BCUT2D eigenvalue weighted by atomic mass is 9.95. The summed E-state index contributed by atoms with van der Waals surface area (Å²) < 4.78 is 0. The zero-order valence-corrected chi connectivity index (χ0v) is 11.6. The molecule has 1 aliphatic rings.